The smallest absolute Gasteiger partial charge is 0.387 e. The molecule has 0 bridgehead atoms. The summed E-state index contributed by atoms with van der Waals surface area (Å²) in [6.07, 6.45) is 1.55. The minimum Gasteiger partial charge on any atom is -0.432 e. The van der Waals surface area contributed by atoms with Crippen LogP contribution in [0.4, 0.5) is 14.5 Å². The molecule has 0 aliphatic heterocycles. The van der Waals surface area contributed by atoms with Gasteiger partial charge >= 0.3 is 6.61 Å². The second kappa shape index (κ2) is 4.30. The molecule has 0 radical (unpaired) electrons. The molecule has 3 nitrogen and oxygen atoms in total. The van der Waals surface area contributed by atoms with Gasteiger partial charge in [-0.15, -0.1) is 0 Å². The molecular formula is C11H10F2N2O. The molecule has 2 rings (SSSR count). The van der Waals surface area contributed by atoms with Gasteiger partial charge in [-0.05, 0) is 12.1 Å². The SMILES string of the molecule is CNc1ccnc2c(OC(F)F)cccc12. The summed E-state index contributed by atoms with van der Waals surface area (Å²) in [5.74, 6) is 0.0876. The molecule has 84 valence electrons. The van der Waals surface area contributed by atoms with Crippen molar-refractivity contribution < 1.29 is 13.5 Å². The van der Waals surface area contributed by atoms with E-state index in [1.165, 1.54) is 6.07 Å². The third kappa shape index (κ3) is 1.88. The lowest BCUT2D eigenvalue weighted by Gasteiger charge is -2.09. The Morgan fingerprint density at radius 1 is 1.31 bits per heavy atom. The number of ether oxygens (including phenoxy) is 1. The van der Waals surface area contributed by atoms with E-state index in [2.05, 4.69) is 15.0 Å². The largest absolute Gasteiger partial charge is 0.432 e. The summed E-state index contributed by atoms with van der Waals surface area (Å²) in [5, 5.41) is 3.72. The fourth-order valence-corrected chi connectivity index (χ4v) is 1.56. The van der Waals surface area contributed by atoms with Crippen molar-refractivity contribution >= 4 is 16.6 Å². The van der Waals surface area contributed by atoms with E-state index in [0.29, 0.717) is 5.52 Å². The van der Waals surface area contributed by atoms with Crippen molar-refractivity contribution in [2.24, 2.45) is 0 Å². The summed E-state index contributed by atoms with van der Waals surface area (Å²) >= 11 is 0. The molecule has 1 aromatic carbocycles. The predicted octanol–water partition coefficient (Wildman–Crippen LogP) is 2.88. The Balaban J connectivity index is 2.59. The maximum atomic E-state index is 12.2. The number of hydrogen-bond acceptors (Lipinski definition) is 3. The lowest BCUT2D eigenvalue weighted by molar-refractivity contribution is -0.0489. The number of hydrogen-bond donors (Lipinski definition) is 1. The van der Waals surface area contributed by atoms with Crippen molar-refractivity contribution in [3.63, 3.8) is 0 Å². The summed E-state index contributed by atoms with van der Waals surface area (Å²) in [6.45, 7) is -2.84. The van der Waals surface area contributed by atoms with Crippen molar-refractivity contribution in [1.29, 1.82) is 0 Å². The van der Waals surface area contributed by atoms with E-state index in [9.17, 15) is 8.78 Å². The Labute approximate surface area is 91.1 Å². The Morgan fingerprint density at radius 3 is 2.81 bits per heavy atom. The highest BCUT2D eigenvalue weighted by atomic mass is 19.3. The second-order valence-corrected chi connectivity index (χ2v) is 3.14. The molecule has 0 aliphatic carbocycles. The molecule has 5 heteroatoms. The number of pyridine rings is 1. The molecule has 0 atom stereocenters. The average Bonchev–Trinajstić information content (AvgIpc) is 2.28. The van der Waals surface area contributed by atoms with Gasteiger partial charge in [0.05, 0.1) is 0 Å². The van der Waals surface area contributed by atoms with Crippen LogP contribution in [-0.2, 0) is 0 Å². The van der Waals surface area contributed by atoms with Crippen LogP contribution in [0.1, 0.15) is 0 Å². The number of para-hydroxylation sites is 1. The number of nitrogens with zero attached hydrogens (tertiary/aromatic N) is 1. The standard InChI is InChI=1S/C11H10F2N2O/c1-14-8-5-6-15-10-7(8)3-2-4-9(10)16-11(12)13/h2-6,11H,1H3,(H,14,15). The van der Waals surface area contributed by atoms with Gasteiger partial charge in [-0.2, -0.15) is 8.78 Å². The normalized spacial score (nSPS) is 10.8. The number of fused-ring (bicyclic) bond motifs is 1. The van der Waals surface area contributed by atoms with Gasteiger partial charge < -0.3 is 10.1 Å². The van der Waals surface area contributed by atoms with Crippen molar-refractivity contribution in [3.8, 4) is 5.75 Å². The Hall–Kier alpha value is -1.91. The van der Waals surface area contributed by atoms with Crippen molar-refractivity contribution in [3.05, 3.63) is 30.5 Å². The van der Waals surface area contributed by atoms with Gasteiger partial charge in [0, 0.05) is 24.3 Å². The maximum Gasteiger partial charge on any atom is 0.387 e. The molecular weight excluding hydrogens is 214 g/mol. The zero-order chi connectivity index (χ0) is 11.5. The number of alkyl halides is 2. The molecule has 1 heterocycles. The monoisotopic (exact) mass is 224 g/mol. The first-order valence-electron chi connectivity index (χ1n) is 4.72. The lowest BCUT2D eigenvalue weighted by atomic mass is 10.2. The van der Waals surface area contributed by atoms with Crippen LogP contribution in [0.15, 0.2) is 30.5 Å². The van der Waals surface area contributed by atoms with Gasteiger partial charge in [0.1, 0.15) is 5.52 Å². The number of halogens is 2. The minimum absolute atomic E-state index is 0.0876. The van der Waals surface area contributed by atoms with Crippen LogP contribution in [0.25, 0.3) is 10.9 Å². The van der Waals surface area contributed by atoms with Crippen LogP contribution in [0.2, 0.25) is 0 Å². The summed E-state index contributed by atoms with van der Waals surface area (Å²) < 4.78 is 28.7. The lowest BCUT2D eigenvalue weighted by Crippen LogP contribution is -2.03. The molecule has 0 unspecified atom stereocenters. The number of rotatable bonds is 3. The number of anilines is 1. The zero-order valence-electron chi connectivity index (χ0n) is 8.58. The highest BCUT2D eigenvalue weighted by molar-refractivity contribution is 5.94. The average molecular weight is 224 g/mol. The van der Waals surface area contributed by atoms with Crippen LogP contribution in [0.3, 0.4) is 0 Å². The van der Waals surface area contributed by atoms with Gasteiger partial charge in [0.2, 0.25) is 0 Å². The van der Waals surface area contributed by atoms with E-state index in [-0.39, 0.29) is 5.75 Å². The van der Waals surface area contributed by atoms with Crippen molar-refractivity contribution in [2.45, 2.75) is 6.61 Å². The molecule has 0 aliphatic rings. The number of benzene rings is 1. The summed E-state index contributed by atoms with van der Waals surface area (Å²) in [6, 6.07) is 6.70. The topological polar surface area (TPSA) is 34.2 Å². The first-order chi connectivity index (χ1) is 7.72. The Kier molecular flexibility index (Phi) is 2.85. The number of nitrogens with one attached hydrogen (secondary N) is 1. The predicted molar refractivity (Wildman–Crippen MR) is 57.9 cm³/mol. The van der Waals surface area contributed by atoms with Crippen LogP contribution in [0.5, 0.6) is 5.75 Å². The van der Waals surface area contributed by atoms with E-state index in [1.54, 1.807) is 31.4 Å². The third-order valence-corrected chi connectivity index (χ3v) is 2.22. The fraction of sp³-hybridized carbons (Fsp3) is 0.182. The molecule has 0 spiro atoms. The number of aromatic nitrogens is 1. The first-order valence-corrected chi connectivity index (χ1v) is 4.72. The maximum absolute atomic E-state index is 12.2. The molecule has 0 amide bonds. The zero-order valence-corrected chi connectivity index (χ0v) is 8.58. The van der Waals surface area contributed by atoms with Crippen LogP contribution in [0, 0.1) is 0 Å². The van der Waals surface area contributed by atoms with Crippen molar-refractivity contribution in [2.75, 3.05) is 12.4 Å². The minimum atomic E-state index is -2.84. The van der Waals surface area contributed by atoms with Gasteiger partial charge in [-0.1, -0.05) is 12.1 Å². The van der Waals surface area contributed by atoms with Gasteiger partial charge in [0.15, 0.2) is 5.75 Å². The summed E-state index contributed by atoms with van der Waals surface area (Å²) in [7, 11) is 1.76. The molecule has 2 aromatic rings. The quantitative estimate of drug-likeness (QED) is 0.870. The highest BCUT2D eigenvalue weighted by Gasteiger charge is 2.10. The van der Waals surface area contributed by atoms with Crippen LogP contribution < -0.4 is 10.1 Å². The first kappa shape index (κ1) is 10.6. The van der Waals surface area contributed by atoms with E-state index >= 15 is 0 Å². The third-order valence-electron chi connectivity index (χ3n) is 2.22. The van der Waals surface area contributed by atoms with Crippen LogP contribution in [-0.4, -0.2) is 18.6 Å². The molecule has 1 aromatic heterocycles. The van der Waals surface area contributed by atoms with E-state index in [0.717, 1.165) is 11.1 Å². The Morgan fingerprint density at radius 2 is 2.12 bits per heavy atom. The molecule has 1 N–H and O–H groups in total. The fourth-order valence-electron chi connectivity index (χ4n) is 1.56. The molecule has 16 heavy (non-hydrogen) atoms. The Bertz CT molecular complexity index is 502. The summed E-state index contributed by atoms with van der Waals surface area (Å²) in [4.78, 5) is 4.04. The molecule has 0 saturated heterocycles. The molecule has 0 fully saturated rings. The van der Waals surface area contributed by atoms with E-state index < -0.39 is 6.61 Å². The second-order valence-electron chi connectivity index (χ2n) is 3.14. The van der Waals surface area contributed by atoms with E-state index in [1.807, 2.05) is 0 Å². The van der Waals surface area contributed by atoms with Gasteiger partial charge in [-0.25, -0.2) is 0 Å². The highest BCUT2D eigenvalue weighted by Crippen LogP contribution is 2.29. The van der Waals surface area contributed by atoms with Crippen molar-refractivity contribution in [1.82, 2.24) is 4.98 Å². The summed E-state index contributed by atoms with van der Waals surface area (Å²) in [5.41, 5.74) is 1.25. The van der Waals surface area contributed by atoms with Crippen LogP contribution >= 0.6 is 0 Å². The van der Waals surface area contributed by atoms with Gasteiger partial charge in [0.25, 0.3) is 0 Å². The van der Waals surface area contributed by atoms with Gasteiger partial charge in [-0.3, -0.25) is 4.98 Å². The molecule has 0 saturated carbocycles. The van der Waals surface area contributed by atoms with E-state index in [4.69, 9.17) is 0 Å².